The number of nitrogens with two attached hydrogens (primary N) is 1. The van der Waals surface area contributed by atoms with Crippen molar-refractivity contribution in [2.75, 3.05) is 18.0 Å². The number of pyridine rings is 1. The number of carboxylic acids is 1. The lowest BCUT2D eigenvalue weighted by molar-refractivity contribution is -0.122. The molecule has 1 saturated heterocycles. The van der Waals surface area contributed by atoms with Gasteiger partial charge in [-0.1, -0.05) is 12.1 Å². The van der Waals surface area contributed by atoms with Gasteiger partial charge < -0.3 is 25.6 Å². The van der Waals surface area contributed by atoms with Crippen molar-refractivity contribution >= 4 is 40.9 Å². The molecule has 0 radical (unpaired) electrons. The number of aromatic nitrogens is 2. The van der Waals surface area contributed by atoms with Gasteiger partial charge in [-0.05, 0) is 25.0 Å². The van der Waals surface area contributed by atoms with Gasteiger partial charge in [0.2, 0.25) is 11.3 Å². The predicted octanol–water partition coefficient (Wildman–Crippen LogP) is 1.53. The summed E-state index contributed by atoms with van der Waals surface area (Å²) in [7, 11) is 0. The largest absolute Gasteiger partial charge is 0.477 e. The van der Waals surface area contributed by atoms with Gasteiger partial charge in [-0.15, -0.1) is 12.4 Å². The second kappa shape index (κ2) is 9.20. The van der Waals surface area contributed by atoms with E-state index in [1.807, 2.05) is 6.92 Å². The molecule has 0 spiro atoms. The van der Waals surface area contributed by atoms with Gasteiger partial charge in [0.05, 0.1) is 28.7 Å². The summed E-state index contributed by atoms with van der Waals surface area (Å²) in [6.45, 7) is 4.34. The number of nitrogens with one attached hydrogen (secondary N) is 1. The Morgan fingerprint density at radius 2 is 2.09 bits per heavy atom. The van der Waals surface area contributed by atoms with E-state index in [9.17, 15) is 19.5 Å². The number of nitrogens with zero attached hydrogens (tertiary/aromatic N) is 3. The van der Waals surface area contributed by atoms with Gasteiger partial charge in [-0.25, -0.2) is 9.18 Å². The average molecular weight is 480 g/mol. The number of anilines is 1. The fraction of sp³-hybridized carbons (Fsp3) is 0.333. The van der Waals surface area contributed by atoms with E-state index in [4.69, 9.17) is 10.3 Å². The van der Waals surface area contributed by atoms with Crippen LogP contribution in [0, 0.1) is 11.7 Å². The van der Waals surface area contributed by atoms with Crippen LogP contribution < -0.4 is 21.4 Å². The first-order valence-corrected chi connectivity index (χ1v) is 10.0. The van der Waals surface area contributed by atoms with E-state index >= 15 is 4.39 Å². The number of hydrogen-bond donors (Lipinski definition) is 3. The molecule has 12 heteroatoms. The van der Waals surface area contributed by atoms with Crippen molar-refractivity contribution in [3.05, 3.63) is 52.3 Å². The van der Waals surface area contributed by atoms with Crippen molar-refractivity contribution in [2.24, 2.45) is 11.7 Å². The Bertz CT molecular complexity index is 1260. The van der Waals surface area contributed by atoms with Crippen LogP contribution in [0.3, 0.4) is 0 Å². The second-order valence-corrected chi connectivity index (χ2v) is 8.01. The van der Waals surface area contributed by atoms with E-state index in [2.05, 4.69) is 10.5 Å². The van der Waals surface area contributed by atoms with Crippen molar-refractivity contribution in [1.82, 2.24) is 15.0 Å². The number of hydrogen-bond acceptors (Lipinski definition) is 7. The lowest BCUT2D eigenvalue weighted by Gasteiger charge is -2.21. The van der Waals surface area contributed by atoms with Gasteiger partial charge in [0, 0.05) is 25.4 Å². The van der Waals surface area contributed by atoms with Crippen LogP contribution in [-0.4, -0.2) is 51.9 Å². The van der Waals surface area contributed by atoms with Crippen LogP contribution in [0.4, 0.5) is 10.1 Å². The highest BCUT2D eigenvalue weighted by atomic mass is 35.5. The summed E-state index contributed by atoms with van der Waals surface area (Å²) in [5.41, 5.74) is 4.82. The molecule has 1 fully saturated rings. The van der Waals surface area contributed by atoms with Crippen LogP contribution in [-0.2, 0) is 4.79 Å². The predicted molar refractivity (Wildman–Crippen MR) is 121 cm³/mol. The SMILES string of the molecule is CC(N)C(=O)N[C@@H]1CN(c2cc3c(cc2F)c(=O)c(C(=O)O)cn3-c2ccon2)C[C@@H]1C.Cl. The van der Waals surface area contributed by atoms with Crippen molar-refractivity contribution in [1.29, 1.82) is 0 Å². The Kier molecular flexibility index (Phi) is 6.75. The van der Waals surface area contributed by atoms with E-state index in [1.54, 1.807) is 11.8 Å². The fourth-order valence-corrected chi connectivity index (χ4v) is 3.91. The number of rotatable bonds is 5. The summed E-state index contributed by atoms with van der Waals surface area (Å²) in [6.07, 6.45) is 2.45. The van der Waals surface area contributed by atoms with Crippen molar-refractivity contribution in [3.63, 3.8) is 0 Å². The van der Waals surface area contributed by atoms with Crippen LogP contribution in [0.25, 0.3) is 16.7 Å². The Labute approximate surface area is 193 Å². The minimum absolute atomic E-state index is 0. The van der Waals surface area contributed by atoms with E-state index in [-0.39, 0.29) is 52.7 Å². The molecular weight excluding hydrogens is 457 g/mol. The van der Waals surface area contributed by atoms with E-state index in [0.717, 1.165) is 12.3 Å². The summed E-state index contributed by atoms with van der Waals surface area (Å²) < 4.78 is 21.4. The van der Waals surface area contributed by atoms with Crippen LogP contribution in [0.1, 0.15) is 24.2 Å². The monoisotopic (exact) mass is 479 g/mol. The summed E-state index contributed by atoms with van der Waals surface area (Å²) in [6, 6.07) is 3.13. The first kappa shape index (κ1) is 24.2. The number of aromatic carboxylic acids is 1. The van der Waals surface area contributed by atoms with Gasteiger partial charge in [-0.3, -0.25) is 14.2 Å². The Morgan fingerprint density at radius 3 is 2.70 bits per heavy atom. The lowest BCUT2D eigenvalue weighted by atomic mass is 10.1. The zero-order chi connectivity index (χ0) is 23.2. The Hall–Kier alpha value is -3.44. The highest BCUT2D eigenvalue weighted by Gasteiger charge is 2.33. The molecule has 1 aromatic carbocycles. The first-order chi connectivity index (χ1) is 15.2. The van der Waals surface area contributed by atoms with Gasteiger partial charge in [-0.2, -0.15) is 0 Å². The molecule has 0 bridgehead atoms. The molecule has 1 aliphatic heterocycles. The number of benzene rings is 1. The van der Waals surface area contributed by atoms with Crippen molar-refractivity contribution in [3.8, 4) is 5.82 Å². The van der Waals surface area contributed by atoms with Gasteiger partial charge in [0.1, 0.15) is 17.6 Å². The minimum atomic E-state index is -1.43. The molecule has 0 aliphatic carbocycles. The van der Waals surface area contributed by atoms with Gasteiger partial charge in [0.15, 0.2) is 5.82 Å². The maximum Gasteiger partial charge on any atom is 0.341 e. The number of fused-ring (bicyclic) bond motifs is 1. The number of carbonyl (C=O) groups excluding carboxylic acids is 1. The highest BCUT2D eigenvalue weighted by molar-refractivity contribution is 5.94. The highest BCUT2D eigenvalue weighted by Crippen LogP contribution is 2.30. The number of carbonyl (C=O) groups is 2. The zero-order valence-corrected chi connectivity index (χ0v) is 18.6. The third kappa shape index (κ3) is 4.41. The molecule has 10 nitrogen and oxygen atoms in total. The summed E-state index contributed by atoms with van der Waals surface area (Å²) in [5, 5.41) is 16.0. The number of halogens is 2. The van der Waals surface area contributed by atoms with Crippen LogP contribution in [0.5, 0.6) is 0 Å². The van der Waals surface area contributed by atoms with Crippen molar-refractivity contribution < 1.29 is 23.6 Å². The molecule has 33 heavy (non-hydrogen) atoms. The summed E-state index contributed by atoms with van der Waals surface area (Å²) in [5.74, 6) is -2.12. The average Bonchev–Trinajstić information content (AvgIpc) is 3.38. The molecule has 3 heterocycles. The molecule has 3 aromatic rings. The maximum absolute atomic E-state index is 15.1. The second-order valence-electron chi connectivity index (χ2n) is 8.01. The molecule has 4 N–H and O–H groups in total. The molecule has 0 saturated carbocycles. The van der Waals surface area contributed by atoms with E-state index < -0.39 is 28.8 Å². The van der Waals surface area contributed by atoms with Crippen molar-refractivity contribution in [2.45, 2.75) is 25.9 Å². The molecule has 1 amide bonds. The van der Waals surface area contributed by atoms with E-state index in [1.165, 1.54) is 23.0 Å². The first-order valence-electron chi connectivity index (χ1n) is 10.0. The normalized spacial score (nSPS) is 18.7. The van der Waals surface area contributed by atoms with Crippen LogP contribution in [0.2, 0.25) is 0 Å². The standard InChI is InChI=1S/C21H22FN5O5.ClH/c1-10-7-26(9-15(10)24-20(29)11(2)23)17-6-16-12(5-14(17)22)19(28)13(21(30)31)8-27(16)18-3-4-32-25-18;/h3-6,8,10-11,15H,7,9,23H2,1-2H3,(H,24,29)(H,30,31);1H/t10-,11?,15+;/m0./s1. The molecule has 3 atom stereocenters. The van der Waals surface area contributed by atoms with Gasteiger partial charge in [0.25, 0.3) is 0 Å². The summed E-state index contributed by atoms with van der Waals surface area (Å²) >= 11 is 0. The minimum Gasteiger partial charge on any atom is -0.477 e. The molecular formula is C21H23ClFN5O5. The Morgan fingerprint density at radius 1 is 1.36 bits per heavy atom. The molecule has 2 aromatic heterocycles. The maximum atomic E-state index is 15.1. The summed E-state index contributed by atoms with van der Waals surface area (Å²) in [4.78, 5) is 38.0. The molecule has 176 valence electrons. The quantitative estimate of drug-likeness (QED) is 0.499. The topological polar surface area (TPSA) is 144 Å². The van der Waals surface area contributed by atoms with E-state index in [0.29, 0.717) is 13.1 Å². The third-order valence-corrected chi connectivity index (χ3v) is 5.67. The molecule has 1 unspecified atom stereocenters. The smallest absolute Gasteiger partial charge is 0.341 e. The number of amides is 1. The molecule has 1 aliphatic rings. The zero-order valence-electron chi connectivity index (χ0n) is 17.8. The number of carboxylic acid groups (broad SMARTS) is 1. The Balaban J connectivity index is 0.00000306. The lowest BCUT2D eigenvalue weighted by Crippen LogP contribution is -2.46. The van der Waals surface area contributed by atoms with Gasteiger partial charge >= 0.3 is 5.97 Å². The van der Waals surface area contributed by atoms with Crippen LogP contribution in [0.15, 0.2) is 40.0 Å². The van der Waals surface area contributed by atoms with Crippen LogP contribution >= 0.6 is 12.4 Å². The third-order valence-electron chi connectivity index (χ3n) is 5.67. The molecule has 4 rings (SSSR count). The fourth-order valence-electron chi connectivity index (χ4n) is 3.91.